The lowest BCUT2D eigenvalue weighted by Crippen LogP contribution is -2.13. The zero-order valence-corrected chi connectivity index (χ0v) is 11.3. The third-order valence-electron chi connectivity index (χ3n) is 2.32. The van der Waals surface area contributed by atoms with Crippen molar-refractivity contribution in [3.05, 3.63) is 26.5 Å². The van der Waals surface area contributed by atoms with Crippen molar-refractivity contribution >= 4 is 51.7 Å². The molecule has 0 spiro atoms. The highest BCUT2D eigenvalue weighted by Gasteiger charge is 2.05. The van der Waals surface area contributed by atoms with Gasteiger partial charge in [-0.15, -0.1) is 0 Å². The molecule has 2 rings (SSSR count). The summed E-state index contributed by atoms with van der Waals surface area (Å²) in [5.41, 5.74) is 7.12. The highest BCUT2D eigenvalue weighted by molar-refractivity contribution is 14.1. The molecule has 6 heteroatoms. The van der Waals surface area contributed by atoms with Gasteiger partial charge in [0.2, 0.25) is 5.91 Å². The lowest BCUT2D eigenvalue weighted by molar-refractivity contribution is -0.118. The highest BCUT2D eigenvalue weighted by Crippen LogP contribution is 2.17. The van der Waals surface area contributed by atoms with E-state index >= 15 is 0 Å². The Bertz CT molecular complexity index is 602. The molecule has 0 bridgehead atoms. The van der Waals surface area contributed by atoms with E-state index in [0.717, 1.165) is 14.6 Å². The summed E-state index contributed by atoms with van der Waals surface area (Å²) in [7, 11) is 0. The van der Waals surface area contributed by atoms with Gasteiger partial charge in [-0.25, -0.2) is 0 Å². The van der Waals surface area contributed by atoms with Crippen LogP contribution in [-0.2, 0) is 11.3 Å². The number of carbonyl (C=O) groups is 1. The Balaban J connectivity index is 2.48. The summed E-state index contributed by atoms with van der Waals surface area (Å²) in [6.07, 6.45) is 0.299. The lowest BCUT2D eigenvalue weighted by Gasteiger charge is -2.01. The van der Waals surface area contributed by atoms with Gasteiger partial charge in [-0.2, -0.15) is 0 Å². The van der Waals surface area contributed by atoms with Crippen molar-refractivity contribution in [3.63, 3.8) is 0 Å². The second kappa shape index (κ2) is 4.54. The maximum Gasteiger partial charge on any atom is 0.219 e. The van der Waals surface area contributed by atoms with E-state index in [4.69, 9.17) is 18.0 Å². The Kier molecular flexibility index (Phi) is 3.29. The number of rotatable bonds is 3. The molecule has 0 unspecified atom stereocenters. The second-order valence-electron chi connectivity index (χ2n) is 3.46. The van der Waals surface area contributed by atoms with Crippen LogP contribution in [0.5, 0.6) is 0 Å². The Morgan fingerprint density at radius 2 is 2.31 bits per heavy atom. The number of primary amides is 1. The monoisotopic (exact) mass is 347 g/mol. The predicted octanol–water partition coefficient (Wildman–Crippen LogP) is 2.18. The number of fused-ring (bicyclic) bond motifs is 1. The van der Waals surface area contributed by atoms with Gasteiger partial charge in [-0.05, 0) is 53.0 Å². The molecule has 1 aromatic carbocycles. The van der Waals surface area contributed by atoms with Gasteiger partial charge in [0.25, 0.3) is 0 Å². The number of hydrogen-bond acceptors (Lipinski definition) is 2. The summed E-state index contributed by atoms with van der Waals surface area (Å²) in [6.45, 7) is 0.523. The van der Waals surface area contributed by atoms with E-state index in [9.17, 15) is 4.79 Å². The van der Waals surface area contributed by atoms with Crippen molar-refractivity contribution in [2.24, 2.45) is 5.73 Å². The average Bonchev–Trinajstić information content (AvgIpc) is 2.50. The lowest BCUT2D eigenvalue weighted by atomic mass is 10.3. The number of imidazole rings is 1. The summed E-state index contributed by atoms with van der Waals surface area (Å²) in [6, 6.07) is 6.02. The summed E-state index contributed by atoms with van der Waals surface area (Å²) in [4.78, 5) is 13.9. The maximum absolute atomic E-state index is 10.8. The van der Waals surface area contributed by atoms with E-state index in [0.29, 0.717) is 17.7 Å². The first-order valence-electron chi connectivity index (χ1n) is 4.74. The van der Waals surface area contributed by atoms with Gasteiger partial charge in [0.05, 0.1) is 11.0 Å². The van der Waals surface area contributed by atoms with Gasteiger partial charge in [0, 0.05) is 16.5 Å². The van der Waals surface area contributed by atoms with Gasteiger partial charge >= 0.3 is 0 Å². The second-order valence-corrected chi connectivity index (χ2v) is 5.09. The Morgan fingerprint density at radius 1 is 1.56 bits per heavy atom. The first-order valence-corrected chi connectivity index (χ1v) is 6.23. The molecule has 3 N–H and O–H groups in total. The molecule has 16 heavy (non-hydrogen) atoms. The Morgan fingerprint density at radius 3 is 3.00 bits per heavy atom. The minimum atomic E-state index is -0.318. The number of amides is 1. The van der Waals surface area contributed by atoms with Crippen LogP contribution < -0.4 is 5.73 Å². The number of halogens is 1. The van der Waals surface area contributed by atoms with Crippen molar-refractivity contribution in [1.82, 2.24) is 9.55 Å². The zero-order chi connectivity index (χ0) is 11.7. The average molecular weight is 347 g/mol. The van der Waals surface area contributed by atoms with Gasteiger partial charge in [0.1, 0.15) is 0 Å². The molecular weight excluding hydrogens is 337 g/mol. The van der Waals surface area contributed by atoms with Crippen LogP contribution in [0.3, 0.4) is 0 Å². The minimum Gasteiger partial charge on any atom is -0.370 e. The van der Waals surface area contributed by atoms with Crippen LogP contribution in [-0.4, -0.2) is 15.5 Å². The van der Waals surface area contributed by atoms with Crippen LogP contribution in [0.15, 0.2) is 18.2 Å². The molecule has 4 nitrogen and oxygen atoms in total. The molecule has 84 valence electrons. The number of hydrogen-bond donors (Lipinski definition) is 2. The third kappa shape index (κ3) is 2.27. The number of aromatic amines is 1. The first-order chi connectivity index (χ1) is 7.58. The molecule has 2 aromatic rings. The number of aromatic nitrogens is 2. The van der Waals surface area contributed by atoms with Crippen molar-refractivity contribution in [3.8, 4) is 0 Å². The molecule has 1 heterocycles. The summed E-state index contributed by atoms with van der Waals surface area (Å²) < 4.78 is 3.66. The van der Waals surface area contributed by atoms with E-state index in [1.54, 1.807) is 0 Å². The number of aryl methyl sites for hydroxylation is 1. The summed E-state index contributed by atoms with van der Waals surface area (Å²) in [5, 5.41) is 0. The maximum atomic E-state index is 10.8. The Hall–Kier alpha value is -0.890. The van der Waals surface area contributed by atoms with Gasteiger partial charge in [-0.1, -0.05) is 0 Å². The van der Waals surface area contributed by atoms with Crippen LogP contribution in [0.2, 0.25) is 0 Å². The fourth-order valence-electron chi connectivity index (χ4n) is 1.58. The van der Waals surface area contributed by atoms with E-state index in [1.165, 1.54) is 0 Å². The van der Waals surface area contributed by atoms with E-state index < -0.39 is 0 Å². The smallest absolute Gasteiger partial charge is 0.219 e. The van der Waals surface area contributed by atoms with Crippen LogP contribution in [0.25, 0.3) is 11.0 Å². The van der Waals surface area contributed by atoms with E-state index in [2.05, 4.69) is 27.6 Å². The molecule has 0 saturated heterocycles. The van der Waals surface area contributed by atoms with Crippen LogP contribution in [0.1, 0.15) is 6.42 Å². The van der Waals surface area contributed by atoms with Gasteiger partial charge < -0.3 is 15.3 Å². The molecule has 0 atom stereocenters. The quantitative estimate of drug-likeness (QED) is 0.660. The van der Waals surface area contributed by atoms with Crippen molar-refractivity contribution in [2.75, 3.05) is 0 Å². The zero-order valence-electron chi connectivity index (χ0n) is 8.37. The van der Waals surface area contributed by atoms with E-state index in [1.807, 2.05) is 22.8 Å². The fourth-order valence-corrected chi connectivity index (χ4v) is 2.37. The molecule has 0 aliphatic rings. The molecule has 0 radical (unpaired) electrons. The number of H-pyrrole nitrogens is 1. The normalized spacial score (nSPS) is 10.8. The predicted molar refractivity (Wildman–Crippen MR) is 73.7 cm³/mol. The van der Waals surface area contributed by atoms with Crippen LogP contribution in [0, 0.1) is 8.34 Å². The Labute approximate surface area is 111 Å². The summed E-state index contributed by atoms with van der Waals surface area (Å²) in [5.74, 6) is -0.318. The minimum absolute atomic E-state index is 0.299. The first kappa shape index (κ1) is 11.6. The number of benzene rings is 1. The van der Waals surface area contributed by atoms with Crippen molar-refractivity contribution < 1.29 is 4.79 Å². The van der Waals surface area contributed by atoms with Crippen LogP contribution >= 0.6 is 34.8 Å². The van der Waals surface area contributed by atoms with Gasteiger partial charge in [-0.3, -0.25) is 4.79 Å². The molecule has 0 saturated carbocycles. The molecule has 1 amide bonds. The fraction of sp³-hybridized carbons (Fsp3) is 0.200. The molecule has 0 aliphatic carbocycles. The SMILES string of the molecule is NC(=O)CCn1c(=S)[nH]c2cc(I)ccc21. The number of nitrogens with zero attached hydrogens (tertiary/aromatic N) is 1. The highest BCUT2D eigenvalue weighted by atomic mass is 127. The molecular formula is C10H10IN3OS. The molecule has 1 aromatic heterocycles. The topological polar surface area (TPSA) is 63.8 Å². The van der Waals surface area contributed by atoms with Crippen LogP contribution in [0.4, 0.5) is 0 Å². The molecule has 0 fully saturated rings. The number of nitrogens with one attached hydrogen (secondary N) is 1. The number of carbonyl (C=O) groups excluding carboxylic acids is 1. The van der Waals surface area contributed by atoms with Crippen molar-refractivity contribution in [1.29, 1.82) is 0 Å². The molecule has 0 aliphatic heterocycles. The van der Waals surface area contributed by atoms with Gasteiger partial charge in [0.15, 0.2) is 4.77 Å². The van der Waals surface area contributed by atoms with Crippen molar-refractivity contribution in [2.45, 2.75) is 13.0 Å². The third-order valence-corrected chi connectivity index (χ3v) is 3.31. The largest absolute Gasteiger partial charge is 0.370 e. The summed E-state index contributed by atoms with van der Waals surface area (Å²) >= 11 is 7.44. The number of nitrogens with two attached hydrogens (primary N) is 1. The van der Waals surface area contributed by atoms with E-state index in [-0.39, 0.29) is 5.91 Å². The standard InChI is InChI=1S/C10H10IN3OS/c11-6-1-2-8-7(5-6)13-10(16)14(8)4-3-9(12)15/h1-2,5H,3-4H2,(H2,12,15)(H,13,16).